The van der Waals surface area contributed by atoms with Crippen molar-refractivity contribution in [3.8, 4) is 11.6 Å². The molecule has 110 valence electrons. The molecule has 4 heteroatoms. The molecule has 0 spiro atoms. The Labute approximate surface area is 128 Å². The fourth-order valence-corrected chi connectivity index (χ4v) is 3.00. The van der Waals surface area contributed by atoms with Crippen molar-refractivity contribution in [2.24, 2.45) is 0 Å². The average Bonchev–Trinajstić information content (AvgIpc) is 2.56. The molecule has 22 heavy (non-hydrogen) atoms. The third-order valence-electron chi connectivity index (χ3n) is 4.11. The first kappa shape index (κ1) is 13.1. The third-order valence-corrected chi connectivity index (χ3v) is 4.11. The van der Waals surface area contributed by atoms with Gasteiger partial charge >= 0.3 is 0 Å². The Balaban J connectivity index is 2.15. The maximum Gasteiger partial charge on any atom is 0.207 e. The molecule has 3 aromatic rings. The van der Waals surface area contributed by atoms with E-state index in [0.717, 1.165) is 24.1 Å². The van der Waals surface area contributed by atoms with Crippen molar-refractivity contribution in [1.82, 2.24) is 9.55 Å². The minimum absolute atomic E-state index is 0.0391. The highest BCUT2D eigenvalue weighted by molar-refractivity contribution is 5.79. The molecule has 0 N–H and O–H groups in total. The lowest BCUT2D eigenvalue weighted by molar-refractivity contribution is 0.179. The predicted octanol–water partition coefficient (Wildman–Crippen LogP) is 3.10. The maximum absolute atomic E-state index is 12.7. The molecule has 3 heterocycles. The van der Waals surface area contributed by atoms with Gasteiger partial charge in [-0.2, -0.15) is 0 Å². The summed E-state index contributed by atoms with van der Waals surface area (Å²) >= 11 is 0. The van der Waals surface area contributed by atoms with Crippen molar-refractivity contribution in [1.29, 1.82) is 0 Å². The Hall–Kier alpha value is -2.62. The lowest BCUT2D eigenvalue weighted by Crippen LogP contribution is -2.28. The molecule has 0 aliphatic carbocycles. The van der Waals surface area contributed by atoms with E-state index in [0.29, 0.717) is 16.9 Å². The van der Waals surface area contributed by atoms with Crippen LogP contribution in [0, 0.1) is 0 Å². The summed E-state index contributed by atoms with van der Waals surface area (Å²) in [5.41, 5.74) is 2.39. The first-order valence-corrected chi connectivity index (χ1v) is 7.50. The number of nitrogens with zero attached hydrogens (tertiary/aromatic N) is 2. The topological polar surface area (TPSA) is 44.1 Å². The lowest BCUT2D eigenvalue weighted by Gasteiger charge is -2.27. The van der Waals surface area contributed by atoms with Gasteiger partial charge in [0.25, 0.3) is 0 Å². The number of rotatable bonds is 1. The zero-order chi connectivity index (χ0) is 15.1. The normalized spacial score (nSPS) is 17.0. The molecule has 0 fully saturated rings. The van der Waals surface area contributed by atoms with Crippen LogP contribution in [0.5, 0.6) is 5.88 Å². The zero-order valence-corrected chi connectivity index (χ0v) is 12.3. The Kier molecular flexibility index (Phi) is 2.96. The molecule has 4 nitrogen and oxygen atoms in total. The summed E-state index contributed by atoms with van der Waals surface area (Å²) < 4.78 is 7.99. The summed E-state index contributed by atoms with van der Waals surface area (Å²) in [6.45, 7) is 2.03. The van der Waals surface area contributed by atoms with Crippen molar-refractivity contribution in [2.45, 2.75) is 25.9 Å². The van der Waals surface area contributed by atoms with Crippen molar-refractivity contribution in [3.63, 3.8) is 0 Å². The summed E-state index contributed by atoms with van der Waals surface area (Å²) in [6, 6.07) is 13.6. The van der Waals surface area contributed by atoms with Crippen LogP contribution >= 0.6 is 0 Å². The number of hydrogen-bond acceptors (Lipinski definition) is 3. The second-order valence-electron chi connectivity index (χ2n) is 5.63. The predicted molar refractivity (Wildman–Crippen MR) is 85.8 cm³/mol. The van der Waals surface area contributed by atoms with Crippen molar-refractivity contribution in [3.05, 3.63) is 64.4 Å². The van der Waals surface area contributed by atoms with Gasteiger partial charge in [0, 0.05) is 6.20 Å². The highest BCUT2D eigenvalue weighted by Gasteiger charge is 2.25. The number of benzene rings is 1. The molecular formula is C18H16N2O2. The SMILES string of the molecule is CC1CCc2c(n(-c3ccccc3)c3ncccc3c2=O)O1. The van der Waals surface area contributed by atoms with E-state index in [1.807, 2.05) is 47.9 Å². The summed E-state index contributed by atoms with van der Waals surface area (Å²) in [7, 11) is 0. The van der Waals surface area contributed by atoms with Crippen LogP contribution in [0.1, 0.15) is 18.9 Å². The monoisotopic (exact) mass is 292 g/mol. The number of fused-ring (bicyclic) bond motifs is 2. The minimum atomic E-state index is 0.0391. The summed E-state index contributed by atoms with van der Waals surface area (Å²) in [5.74, 6) is 0.640. The van der Waals surface area contributed by atoms with Crippen LogP contribution in [0.4, 0.5) is 0 Å². The summed E-state index contributed by atoms with van der Waals surface area (Å²) in [4.78, 5) is 17.2. The molecule has 1 aromatic carbocycles. The molecular weight excluding hydrogens is 276 g/mol. The Morgan fingerprint density at radius 2 is 2.00 bits per heavy atom. The van der Waals surface area contributed by atoms with E-state index in [9.17, 15) is 4.79 Å². The highest BCUT2D eigenvalue weighted by Crippen LogP contribution is 2.31. The quantitative estimate of drug-likeness (QED) is 0.692. The molecule has 4 rings (SSSR count). The van der Waals surface area contributed by atoms with Crippen LogP contribution in [-0.2, 0) is 6.42 Å². The van der Waals surface area contributed by atoms with Crippen LogP contribution in [0.3, 0.4) is 0 Å². The van der Waals surface area contributed by atoms with Gasteiger partial charge in [0.15, 0.2) is 11.1 Å². The molecule has 0 bridgehead atoms. The van der Waals surface area contributed by atoms with E-state index < -0.39 is 0 Å². The zero-order valence-electron chi connectivity index (χ0n) is 12.3. The van der Waals surface area contributed by atoms with E-state index in [1.165, 1.54) is 0 Å². The van der Waals surface area contributed by atoms with Crippen LogP contribution in [0.2, 0.25) is 0 Å². The second kappa shape index (κ2) is 4.98. The Morgan fingerprint density at radius 1 is 1.18 bits per heavy atom. The number of ether oxygens (including phenoxy) is 1. The van der Waals surface area contributed by atoms with Crippen LogP contribution in [0.25, 0.3) is 16.7 Å². The van der Waals surface area contributed by atoms with Crippen LogP contribution < -0.4 is 10.2 Å². The van der Waals surface area contributed by atoms with Gasteiger partial charge in [-0.3, -0.25) is 9.36 Å². The fraction of sp³-hybridized carbons (Fsp3) is 0.222. The standard InChI is InChI=1S/C18H16N2O2/c1-12-9-10-15-16(21)14-8-5-11-19-17(14)20(18(15)22-12)13-6-3-2-4-7-13/h2-8,11-12H,9-10H2,1H3. The summed E-state index contributed by atoms with van der Waals surface area (Å²) in [5, 5.41) is 0.642. The molecule has 0 radical (unpaired) electrons. The summed E-state index contributed by atoms with van der Waals surface area (Å²) in [6.07, 6.45) is 3.42. The van der Waals surface area contributed by atoms with E-state index in [4.69, 9.17) is 4.74 Å². The van der Waals surface area contributed by atoms with Gasteiger partial charge < -0.3 is 4.74 Å². The Bertz CT molecular complexity index is 900. The maximum atomic E-state index is 12.7. The largest absolute Gasteiger partial charge is 0.475 e. The molecule has 1 atom stereocenters. The van der Waals surface area contributed by atoms with Crippen LogP contribution in [0.15, 0.2) is 53.5 Å². The fourth-order valence-electron chi connectivity index (χ4n) is 3.00. The third kappa shape index (κ3) is 1.91. The van der Waals surface area contributed by atoms with E-state index in [1.54, 1.807) is 12.3 Å². The van der Waals surface area contributed by atoms with Gasteiger partial charge in [-0.15, -0.1) is 0 Å². The molecule has 1 aliphatic heterocycles. The average molecular weight is 292 g/mol. The minimum Gasteiger partial charge on any atom is -0.475 e. The smallest absolute Gasteiger partial charge is 0.207 e. The number of hydrogen-bond donors (Lipinski definition) is 0. The molecule has 2 aromatic heterocycles. The first-order chi connectivity index (χ1) is 10.8. The molecule has 1 aliphatic rings. The molecule has 0 amide bonds. The number of pyridine rings is 2. The highest BCUT2D eigenvalue weighted by atomic mass is 16.5. The van der Waals surface area contributed by atoms with Gasteiger partial charge in [0.05, 0.1) is 22.7 Å². The number of para-hydroxylation sites is 1. The van der Waals surface area contributed by atoms with E-state index in [-0.39, 0.29) is 11.5 Å². The van der Waals surface area contributed by atoms with Crippen molar-refractivity contribution in [2.75, 3.05) is 0 Å². The van der Waals surface area contributed by atoms with Crippen molar-refractivity contribution >= 4 is 11.0 Å². The van der Waals surface area contributed by atoms with Gasteiger partial charge in [0.1, 0.15) is 0 Å². The molecule has 0 saturated heterocycles. The van der Waals surface area contributed by atoms with E-state index >= 15 is 0 Å². The van der Waals surface area contributed by atoms with Crippen LogP contribution in [-0.4, -0.2) is 15.7 Å². The second-order valence-corrected chi connectivity index (χ2v) is 5.63. The van der Waals surface area contributed by atoms with E-state index in [2.05, 4.69) is 4.98 Å². The van der Waals surface area contributed by atoms with Gasteiger partial charge in [-0.25, -0.2) is 4.98 Å². The van der Waals surface area contributed by atoms with Gasteiger partial charge in [0.2, 0.25) is 5.88 Å². The molecule has 1 unspecified atom stereocenters. The molecule has 0 saturated carbocycles. The van der Waals surface area contributed by atoms with Gasteiger partial charge in [-0.05, 0) is 44.0 Å². The van der Waals surface area contributed by atoms with Gasteiger partial charge in [-0.1, -0.05) is 18.2 Å². The number of aromatic nitrogens is 2. The van der Waals surface area contributed by atoms with Crippen molar-refractivity contribution < 1.29 is 4.74 Å². The lowest BCUT2D eigenvalue weighted by atomic mass is 10.0. The first-order valence-electron chi connectivity index (χ1n) is 7.50. The Morgan fingerprint density at radius 3 is 2.82 bits per heavy atom.